The Labute approximate surface area is 130 Å². The Morgan fingerprint density at radius 3 is 2.59 bits per heavy atom. The summed E-state index contributed by atoms with van der Waals surface area (Å²) < 4.78 is 10.9. The number of hydrogen-bond donors (Lipinski definition) is 0. The Balaban J connectivity index is 1.59. The van der Waals surface area contributed by atoms with E-state index in [0.29, 0.717) is 19.7 Å². The minimum atomic E-state index is -0.0268. The second kappa shape index (κ2) is 6.62. The van der Waals surface area contributed by atoms with E-state index in [1.54, 1.807) is 12.0 Å². The number of benzene rings is 2. The van der Waals surface area contributed by atoms with Gasteiger partial charge in [-0.05, 0) is 23.3 Å². The maximum Gasteiger partial charge on any atom is 0.228 e. The van der Waals surface area contributed by atoms with Gasteiger partial charge in [-0.1, -0.05) is 42.5 Å². The number of hydrogen-bond acceptors (Lipinski definition) is 3. The first kappa shape index (κ1) is 14.6. The molecule has 22 heavy (non-hydrogen) atoms. The van der Waals surface area contributed by atoms with Crippen molar-refractivity contribution in [2.75, 3.05) is 20.4 Å². The molecular weight excluding hydrogens is 278 g/mol. The lowest BCUT2D eigenvalue weighted by Crippen LogP contribution is -2.29. The molecule has 1 heterocycles. The topological polar surface area (TPSA) is 38.8 Å². The van der Waals surface area contributed by atoms with Crippen LogP contribution in [0.15, 0.2) is 54.6 Å². The minimum Gasteiger partial charge on any atom is -0.497 e. The van der Waals surface area contributed by atoms with Crippen LogP contribution in [0.4, 0.5) is 0 Å². The smallest absolute Gasteiger partial charge is 0.228 e. The minimum absolute atomic E-state index is 0.0268. The molecule has 3 rings (SSSR count). The van der Waals surface area contributed by atoms with E-state index in [4.69, 9.17) is 9.47 Å². The largest absolute Gasteiger partial charge is 0.497 e. The third-order valence-corrected chi connectivity index (χ3v) is 3.86. The van der Waals surface area contributed by atoms with Crippen LogP contribution < -0.4 is 4.74 Å². The Morgan fingerprint density at radius 2 is 1.91 bits per heavy atom. The summed E-state index contributed by atoms with van der Waals surface area (Å²) in [5.41, 5.74) is 2.09. The van der Waals surface area contributed by atoms with Crippen molar-refractivity contribution in [1.82, 2.24) is 4.90 Å². The molecule has 0 aromatic heterocycles. The van der Waals surface area contributed by atoms with Crippen molar-refractivity contribution in [2.24, 2.45) is 0 Å². The molecule has 1 fully saturated rings. The van der Waals surface area contributed by atoms with Crippen LogP contribution in [0.1, 0.15) is 17.2 Å². The zero-order valence-electron chi connectivity index (χ0n) is 12.6. The highest BCUT2D eigenvalue weighted by Crippen LogP contribution is 2.24. The van der Waals surface area contributed by atoms with E-state index in [-0.39, 0.29) is 12.0 Å². The van der Waals surface area contributed by atoms with Gasteiger partial charge in [-0.2, -0.15) is 0 Å². The third kappa shape index (κ3) is 3.28. The first-order chi connectivity index (χ1) is 10.8. The normalized spacial score (nSPS) is 17.5. The van der Waals surface area contributed by atoms with Gasteiger partial charge in [-0.15, -0.1) is 0 Å². The molecule has 1 aliphatic rings. The zero-order valence-corrected chi connectivity index (χ0v) is 12.6. The highest BCUT2D eigenvalue weighted by molar-refractivity contribution is 5.79. The number of amides is 1. The molecule has 4 heteroatoms. The number of carbonyl (C=O) groups is 1. The highest BCUT2D eigenvalue weighted by atomic mass is 16.5. The molecule has 0 spiro atoms. The fraction of sp³-hybridized carbons (Fsp3) is 0.278. The van der Waals surface area contributed by atoms with E-state index in [0.717, 1.165) is 16.9 Å². The molecule has 0 saturated carbocycles. The number of ether oxygens (including phenoxy) is 2. The van der Waals surface area contributed by atoms with Gasteiger partial charge >= 0.3 is 0 Å². The van der Waals surface area contributed by atoms with Crippen molar-refractivity contribution in [3.63, 3.8) is 0 Å². The maximum absolute atomic E-state index is 12.4. The zero-order chi connectivity index (χ0) is 15.4. The lowest BCUT2D eigenvalue weighted by atomic mass is 10.1. The summed E-state index contributed by atoms with van der Waals surface area (Å²) in [6, 6.07) is 17.6. The summed E-state index contributed by atoms with van der Waals surface area (Å²) in [5.74, 6) is 0.883. The molecule has 4 nitrogen and oxygen atoms in total. The quantitative estimate of drug-likeness (QED) is 0.871. The van der Waals surface area contributed by atoms with E-state index in [9.17, 15) is 4.79 Å². The summed E-state index contributed by atoms with van der Waals surface area (Å²) in [7, 11) is 1.63. The monoisotopic (exact) mass is 297 g/mol. The second-order valence-corrected chi connectivity index (χ2v) is 5.34. The fourth-order valence-electron chi connectivity index (χ4n) is 2.56. The molecular formula is C18H19NO3. The van der Waals surface area contributed by atoms with Crippen molar-refractivity contribution in [2.45, 2.75) is 12.5 Å². The molecule has 0 radical (unpaired) electrons. The average molecular weight is 297 g/mol. The van der Waals surface area contributed by atoms with Crippen LogP contribution in [0.3, 0.4) is 0 Å². The lowest BCUT2D eigenvalue weighted by molar-refractivity contribution is -0.130. The summed E-state index contributed by atoms with van der Waals surface area (Å²) in [6.45, 7) is 0.966. The van der Waals surface area contributed by atoms with Crippen LogP contribution in [0.5, 0.6) is 5.75 Å². The SMILES string of the molecule is COc1ccc(CC(=O)N2COC(c3ccccc3)C2)cc1. The number of nitrogens with zero attached hydrogens (tertiary/aromatic N) is 1. The number of methoxy groups -OCH3 is 1. The second-order valence-electron chi connectivity index (χ2n) is 5.34. The van der Waals surface area contributed by atoms with E-state index < -0.39 is 0 Å². The maximum atomic E-state index is 12.4. The Kier molecular flexibility index (Phi) is 4.39. The summed E-state index contributed by atoms with van der Waals surface area (Å²) in [5, 5.41) is 0. The summed E-state index contributed by atoms with van der Waals surface area (Å²) >= 11 is 0. The highest BCUT2D eigenvalue weighted by Gasteiger charge is 2.27. The molecule has 2 aromatic carbocycles. The predicted octanol–water partition coefficient (Wildman–Crippen LogP) is 2.80. The van der Waals surface area contributed by atoms with E-state index in [1.165, 1.54) is 0 Å². The van der Waals surface area contributed by atoms with Gasteiger partial charge < -0.3 is 14.4 Å². The summed E-state index contributed by atoms with van der Waals surface area (Å²) in [4.78, 5) is 14.1. The predicted molar refractivity (Wildman–Crippen MR) is 83.5 cm³/mol. The van der Waals surface area contributed by atoms with Gasteiger partial charge in [-0.3, -0.25) is 4.79 Å². The van der Waals surface area contributed by atoms with Gasteiger partial charge in [0.25, 0.3) is 0 Å². The van der Waals surface area contributed by atoms with Crippen molar-refractivity contribution in [3.05, 3.63) is 65.7 Å². The molecule has 0 bridgehead atoms. The lowest BCUT2D eigenvalue weighted by Gasteiger charge is -2.14. The first-order valence-corrected chi connectivity index (χ1v) is 7.33. The van der Waals surface area contributed by atoms with Crippen LogP contribution in [-0.4, -0.2) is 31.2 Å². The van der Waals surface area contributed by atoms with Crippen molar-refractivity contribution in [1.29, 1.82) is 0 Å². The standard InChI is InChI=1S/C18H19NO3/c1-21-16-9-7-14(8-10-16)11-18(20)19-12-17(22-13-19)15-5-3-2-4-6-15/h2-10,17H,11-13H2,1H3. The van der Waals surface area contributed by atoms with E-state index >= 15 is 0 Å². The molecule has 0 N–H and O–H groups in total. The number of carbonyl (C=O) groups excluding carboxylic acids is 1. The Hall–Kier alpha value is -2.33. The third-order valence-electron chi connectivity index (χ3n) is 3.86. The van der Waals surface area contributed by atoms with Gasteiger partial charge in [0, 0.05) is 0 Å². The van der Waals surface area contributed by atoms with Crippen LogP contribution in [-0.2, 0) is 16.0 Å². The average Bonchev–Trinajstić information content (AvgIpc) is 3.06. The van der Waals surface area contributed by atoms with Gasteiger partial charge in [0.2, 0.25) is 5.91 Å². The molecule has 1 aliphatic heterocycles. The van der Waals surface area contributed by atoms with E-state index in [1.807, 2.05) is 54.6 Å². The van der Waals surface area contributed by atoms with Gasteiger partial charge in [0.1, 0.15) is 18.6 Å². The van der Waals surface area contributed by atoms with Gasteiger partial charge in [-0.25, -0.2) is 0 Å². The Bertz CT molecular complexity index is 625. The number of rotatable bonds is 4. The molecule has 1 amide bonds. The fourth-order valence-corrected chi connectivity index (χ4v) is 2.56. The van der Waals surface area contributed by atoms with Crippen LogP contribution >= 0.6 is 0 Å². The Morgan fingerprint density at radius 1 is 1.18 bits per heavy atom. The summed E-state index contributed by atoms with van der Waals surface area (Å²) in [6.07, 6.45) is 0.357. The van der Waals surface area contributed by atoms with Crippen molar-refractivity contribution >= 4 is 5.91 Å². The van der Waals surface area contributed by atoms with Crippen LogP contribution in [0, 0.1) is 0 Å². The molecule has 1 atom stereocenters. The molecule has 1 unspecified atom stereocenters. The van der Waals surface area contributed by atoms with Crippen molar-refractivity contribution in [3.8, 4) is 5.75 Å². The molecule has 2 aromatic rings. The van der Waals surface area contributed by atoms with E-state index in [2.05, 4.69) is 0 Å². The van der Waals surface area contributed by atoms with Crippen molar-refractivity contribution < 1.29 is 14.3 Å². The molecule has 114 valence electrons. The molecule has 0 aliphatic carbocycles. The molecule has 1 saturated heterocycles. The van der Waals surface area contributed by atoms with Crippen LogP contribution in [0.2, 0.25) is 0 Å². The van der Waals surface area contributed by atoms with Gasteiger partial charge in [0.05, 0.1) is 20.1 Å². The first-order valence-electron chi connectivity index (χ1n) is 7.33. The van der Waals surface area contributed by atoms with Crippen LogP contribution in [0.25, 0.3) is 0 Å². The van der Waals surface area contributed by atoms with Gasteiger partial charge in [0.15, 0.2) is 0 Å².